The van der Waals surface area contributed by atoms with E-state index in [1.54, 1.807) is 4.57 Å². The highest BCUT2D eigenvalue weighted by molar-refractivity contribution is 9.10. The van der Waals surface area contributed by atoms with Crippen molar-refractivity contribution in [2.45, 2.75) is 6.67 Å². The van der Waals surface area contributed by atoms with Crippen molar-refractivity contribution in [1.82, 2.24) is 9.47 Å². The molecule has 0 N–H and O–H groups in total. The highest BCUT2D eigenvalue weighted by atomic mass is 79.9. The first-order valence-electron chi connectivity index (χ1n) is 5.83. The van der Waals surface area contributed by atoms with Gasteiger partial charge in [0.05, 0.1) is 17.9 Å². The summed E-state index contributed by atoms with van der Waals surface area (Å²) in [5.74, 6) is 0. The topological polar surface area (TPSA) is 37.6 Å². The molecule has 1 aliphatic rings. The van der Waals surface area contributed by atoms with E-state index >= 15 is 0 Å². The van der Waals surface area contributed by atoms with Gasteiger partial charge in [-0.3, -0.25) is 14.3 Å². The first-order valence-corrected chi connectivity index (χ1v) is 7.44. The summed E-state index contributed by atoms with van der Waals surface area (Å²) < 4.78 is 3.48. The van der Waals surface area contributed by atoms with Crippen molar-refractivity contribution in [3.05, 3.63) is 54.0 Å². The van der Waals surface area contributed by atoms with E-state index in [4.69, 9.17) is 0 Å². The molecule has 0 spiro atoms. The standard InChI is InChI=1S/C13H12BrN3OS/c1-16-7-15-13-17(8-16)12(18)11(19-13)6-9-2-4-10(14)5-3-9/h2-6H,7-8H2,1H3. The predicted octanol–water partition coefficient (Wildman–Crippen LogP) is 0.981. The molecule has 19 heavy (non-hydrogen) atoms. The van der Waals surface area contributed by atoms with Crippen LogP contribution in [0, 0.1) is 0 Å². The molecular formula is C13H12BrN3OS. The van der Waals surface area contributed by atoms with E-state index in [0.29, 0.717) is 13.3 Å². The number of fused-ring (bicyclic) bond motifs is 1. The Labute approximate surface area is 122 Å². The van der Waals surface area contributed by atoms with Crippen LogP contribution in [-0.4, -0.2) is 23.2 Å². The highest BCUT2D eigenvalue weighted by Gasteiger charge is 2.11. The van der Waals surface area contributed by atoms with Crippen LogP contribution in [0.15, 0.2) is 38.5 Å². The maximum absolute atomic E-state index is 12.3. The zero-order valence-electron chi connectivity index (χ0n) is 10.3. The smallest absolute Gasteiger partial charge is 0.270 e. The van der Waals surface area contributed by atoms with Crippen LogP contribution in [0.2, 0.25) is 0 Å². The third-order valence-corrected chi connectivity index (χ3v) is 4.46. The van der Waals surface area contributed by atoms with E-state index in [9.17, 15) is 4.79 Å². The fourth-order valence-electron chi connectivity index (χ4n) is 1.93. The Morgan fingerprint density at radius 1 is 1.37 bits per heavy atom. The number of hydrogen-bond acceptors (Lipinski definition) is 4. The second-order valence-electron chi connectivity index (χ2n) is 4.47. The quantitative estimate of drug-likeness (QED) is 0.778. The number of hydrogen-bond donors (Lipinski definition) is 0. The zero-order valence-corrected chi connectivity index (χ0v) is 12.7. The Balaban J connectivity index is 2.13. The summed E-state index contributed by atoms with van der Waals surface area (Å²) in [6.45, 7) is 1.26. The lowest BCUT2D eigenvalue weighted by molar-refractivity contribution is 0.246. The van der Waals surface area contributed by atoms with Crippen molar-refractivity contribution in [3.63, 3.8) is 0 Å². The van der Waals surface area contributed by atoms with Gasteiger partial charge in [0, 0.05) is 4.47 Å². The molecule has 0 saturated heterocycles. The summed E-state index contributed by atoms with van der Waals surface area (Å²) in [5.41, 5.74) is 1.06. The number of benzene rings is 1. The third kappa shape index (κ3) is 2.56. The van der Waals surface area contributed by atoms with Gasteiger partial charge in [-0.05, 0) is 30.8 Å². The van der Waals surface area contributed by atoms with Gasteiger partial charge in [0.25, 0.3) is 5.56 Å². The summed E-state index contributed by atoms with van der Waals surface area (Å²) in [6.07, 6.45) is 1.92. The number of thiazole rings is 1. The fourth-order valence-corrected chi connectivity index (χ4v) is 3.15. The molecule has 98 valence electrons. The van der Waals surface area contributed by atoms with Crippen LogP contribution in [0.25, 0.3) is 6.08 Å². The van der Waals surface area contributed by atoms with E-state index in [-0.39, 0.29) is 5.56 Å². The lowest BCUT2D eigenvalue weighted by Gasteiger charge is -2.17. The summed E-state index contributed by atoms with van der Waals surface area (Å²) in [7, 11) is 1.95. The molecule has 0 unspecified atom stereocenters. The van der Waals surface area contributed by atoms with Gasteiger partial charge in [-0.2, -0.15) is 0 Å². The Morgan fingerprint density at radius 3 is 2.84 bits per heavy atom. The number of halogens is 1. The molecule has 0 bridgehead atoms. The normalized spacial score (nSPS) is 16.2. The van der Waals surface area contributed by atoms with Crippen LogP contribution in [-0.2, 0) is 6.67 Å². The van der Waals surface area contributed by atoms with Crippen LogP contribution in [0.5, 0.6) is 0 Å². The van der Waals surface area contributed by atoms with Crippen molar-refractivity contribution in [3.8, 4) is 0 Å². The molecule has 0 aliphatic carbocycles. The molecule has 3 rings (SSSR count). The fraction of sp³-hybridized carbons (Fsp3) is 0.231. The monoisotopic (exact) mass is 337 g/mol. The lowest BCUT2D eigenvalue weighted by Crippen LogP contribution is -2.40. The minimum Gasteiger partial charge on any atom is -0.270 e. The predicted molar refractivity (Wildman–Crippen MR) is 79.7 cm³/mol. The maximum atomic E-state index is 12.3. The Bertz CT molecular complexity index is 776. The van der Waals surface area contributed by atoms with Crippen LogP contribution in [0.3, 0.4) is 0 Å². The minimum absolute atomic E-state index is 0.0400. The van der Waals surface area contributed by atoms with E-state index in [1.807, 2.05) is 42.3 Å². The van der Waals surface area contributed by atoms with Gasteiger partial charge in [0.2, 0.25) is 0 Å². The number of rotatable bonds is 1. The largest absolute Gasteiger partial charge is 0.271 e. The van der Waals surface area contributed by atoms with Crippen LogP contribution in [0.4, 0.5) is 0 Å². The van der Waals surface area contributed by atoms with Crippen molar-refractivity contribution < 1.29 is 0 Å². The lowest BCUT2D eigenvalue weighted by atomic mass is 10.2. The Hall–Kier alpha value is -1.24. The van der Waals surface area contributed by atoms with Crippen molar-refractivity contribution in [2.75, 3.05) is 13.7 Å². The third-order valence-electron chi connectivity index (χ3n) is 2.89. The molecule has 0 atom stereocenters. The molecule has 2 aromatic rings. The summed E-state index contributed by atoms with van der Waals surface area (Å²) >= 11 is 4.85. The summed E-state index contributed by atoms with van der Waals surface area (Å²) in [6, 6.07) is 7.90. The molecular weight excluding hydrogens is 326 g/mol. The maximum Gasteiger partial charge on any atom is 0.271 e. The van der Waals surface area contributed by atoms with E-state index in [1.165, 1.54) is 11.3 Å². The zero-order chi connectivity index (χ0) is 13.4. The second-order valence-corrected chi connectivity index (χ2v) is 6.40. The Morgan fingerprint density at radius 2 is 2.11 bits per heavy atom. The number of aromatic nitrogens is 1. The molecule has 0 amide bonds. The van der Waals surface area contributed by atoms with Gasteiger partial charge >= 0.3 is 0 Å². The molecule has 0 fully saturated rings. The minimum atomic E-state index is 0.0400. The summed E-state index contributed by atoms with van der Waals surface area (Å²) in [5, 5.41) is 0. The van der Waals surface area contributed by atoms with Crippen LogP contribution < -0.4 is 14.9 Å². The van der Waals surface area contributed by atoms with E-state index in [2.05, 4.69) is 20.9 Å². The summed E-state index contributed by atoms with van der Waals surface area (Å²) in [4.78, 5) is 19.5. The van der Waals surface area contributed by atoms with Crippen molar-refractivity contribution in [2.24, 2.45) is 4.99 Å². The molecule has 1 aromatic heterocycles. The van der Waals surface area contributed by atoms with Gasteiger partial charge in [-0.25, -0.2) is 4.99 Å². The number of nitrogens with zero attached hydrogens (tertiary/aromatic N) is 3. The molecule has 4 nitrogen and oxygen atoms in total. The van der Waals surface area contributed by atoms with Crippen LogP contribution in [0.1, 0.15) is 5.56 Å². The molecule has 2 heterocycles. The Kier molecular flexibility index (Phi) is 3.38. The van der Waals surface area contributed by atoms with Crippen LogP contribution >= 0.6 is 27.3 Å². The first-order chi connectivity index (χ1) is 9.13. The first kappa shape index (κ1) is 12.8. The molecule has 1 aromatic carbocycles. The molecule has 0 radical (unpaired) electrons. The van der Waals surface area contributed by atoms with Gasteiger partial charge in [-0.15, -0.1) is 0 Å². The average Bonchev–Trinajstić information content (AvgIpc) is 2.70. The van der Waals surface area contributed by atoms with Gasteiger partial charge in [-0.1, -0.05) is 39.4 Å². The van der Waals surface area contributed by atoms with Gasteiger partial charge < -0.3 is 0 Å². The van der Waals surface area contributed by atoms with Crippen molar-refractivity contribution in [1.29, 1.82) is 0 Å². The second kappa shape index (κ2) is 5.03. The molecule has 1 aliphatic heterocycles. The average molecular weight is 338 g/mol. The highest BCUT2D eigenvalue weighted by Crippen LogP contribution is 2.10. The molecule has 0 saturated carbocycles. The van der Waals surface area contributed by atoms with Gasteiger partial charge in [0.1, 0.15) is 0 Å². The van der Waals surface area contributed by atoms with Gasteiger partial charge in [0.15, 0.2) is 4.80 Å². The van der Waals surface area contributed by atoms with E-state index in [0.717, 1.165) is 19.4 Å². The van der Waals surface area contributed by atoms with E-state index < -0.39 is 0 Å². The van der Waals surface area contributed by atoms with Crippen molar-refractivity contribution >= 4 is 33.3 Å². The SMILES string of the molecule is CN1CN=c2sc(=Cc3ccc(Br)cc3)c(=O)n2C1. The molecule has 6 heteroatoms.